The van der Waals surface area contributed by atoms with Gasteiger partial charge in [0.25, 0.3) is 5.91 Å². The summed E-state index contributed by atoms with van der Waals surface area (Å²) in [6, 6.07) is 10.3. The first-order valence-electron chi connectivity index (χ1n) is 11.2. The topological polar surface area (TPSA) is 125 Å². The fourth-order valence-corrected chi connectivity index (χ4v) is 4.06. The number of rotatable bonds is 5. The Morgan fingerprint density at radius 3 is 2.86 bits per heavy atom. The molecule has 0 saturated carbocycles. The predicted molar refractivity (Wildman–Crippen MR) is 125 cm³/mol. The summed E-state index contributed by atoms with van der Waals surface area (Å²) >= 11 is 0. The molecule has 0 radical (unpaired) electrons. The number of ketones is 1. The monoisotopic (exact) mass is 473 g/mol. The summed E-state index contributed by atoms with van der Waals surface area (Å²) in [6.45, 7) is 2.08. The van der Waals surface area contributed by atoms with Crippen LogP contribution in [0.4, 0.5) is 0 Å². The minimum Gasteiger partial charge on any atom is -0.486 e. The number of aromatic nitrogens is 3. The van der Waals surface area contributed by atoms with Gasteiger partial charge in [0.15, 0.2) is 11.9 Å². The first kappa shape index (κ1) is 22.5. The van der Waals surface area contributed by atoms with E-state index in [1.165, 1.54) is 10.6 Å². The van der Waals surface area contributed by atoms with Gasteiger partial charge in [-0.25, -0.2) is 9.97 Å². The van der Waals surface area contributed by atoms with E-state index in [0.29, 0.717) is 35.8 Å². The summed E-state index contributed by atoms with van der Waals surface area (Å²) in [5, 5.41) is 7.03. The Labute approximate surface area is 200 Å². The van der Waals surface area contributed by atoms with Crippen molar-refractivity contribution in [3.8, 4) is 5.75 Å². The van der Waals surface area contributed by atoms with Gasteiger partial charge in [0.2, 0.25) is 5.56 Å². The SMILES string of the molecule is Cc1nc(C(=O)NCc2ccc3c(c2)CC(=O)CO3)cc(C2=NOC(c3ccc(=O)n(C)c3)C2)n1. The van der Waals surface area contributed by atoms with Gasteiger partial charge in [-0.05, 0) is 36.8 Å². The Balaban J connectivity index is 1.27. The van der Waals surface area contributed by atoms with Crippen molar-refractivity contribution in [1.82, 2.24) is 19.9 Å². The maximum atomic E-state index is 12.8. The minimum absolute atomic E-state index is 0.0278. The van der Waals surface area contributed by atoms with E-state index in [1.54, 1.807) is 32.3 Å². The fourth-order valence-electron chi connectivity index (χ4n) is 4.06. The fraction of sp³-hybridized carbons (Fsp3) is 0.280. The van der Waals surface area contributed by atoms with E-state index in [-0.39, 0.29) is 42.2 Å². The maximum Gasteiger partial charge on any atom is 0.270 e. The van der Waals surface area contributed by atoms with Gasteiger partial charge in [-0.3, -0.25) is 14.4 Å². The zero-order valence-electron chi connectivity index (χ0n) is 19.3. The molecule has 0 saturated heterocycles. The Morgan fingerprint density at radius 2 is 2.03 bits per heavy atom. The van der Waals surface area contributed by atoms with E-state index < -0.39 is 0 Å². The maximum absolute atomic E-state index is 12.8. The smallest absolute Gasteiger partial charge is 0.270 e. The van der Waals surface area contributed by atoms with Crippen LogP contribution in [0.1, 0.15) is 51.2 Å². The van der Waals surface area contributed by atoms with Crippen LogP contribution in [0.3, 0.4) is 0 Å². The van der Waals surface area contributed by atoms with Crippen molar-refractivity contribution >= 4 is 17.4 Å². The van der Waals surface area contributed by atoms with Gasteiger partial charge >= 0.3 is 0 Å². The lowest BCUT2D eigenvalue weighted by atomic mass is 10.0. The van der Waals surface area contributed by atoms with Crippen LogP contribution >= 0.6 is 0 Å². The van der Waals surface area contributed by atoms with Crippen molar-refractivity contribution in [2.45, 2.75) is 32.4 Å². The van der Waals surface area contributed by atoms with E-state index in [1.807, 2.05) is 18.2 Å². The standard InChI is InChI=1S/C25H23N5O5/c1-14-27-19(20-10-23(35-29-20)16-4-6-24(32)30(2)12-16)9-21(28-14)25(33)26-11-15-3-5-22-17(7-15)8-18(31)13-34-22/h3-7,9,12,23H,8,10-11,13H2,1-2H3,(H,26,33). The van der Waals surface area contributed by atoms with Gasteiger partial charge in [-0.2, -0.15) is 0 Å². The lowest BCUT2D eigenvalue weighted by Gasteiger charge is -2.17. The third kappa shape index (κ3) is 4.81. The van der Waals surface area contributed by atoms with E-state index in [0.717, 1.165) is 16.7 Å². The molecule has 2 aliphatic heterocycles. The zero-order chi connectivity index (χ0) is 24.5. The molecule has 1 aromatic carbocycles. The zero-order valence-corrected chi connectivity index (χ0v) is 19.3. The van der Waals surface area contributed by atoms with Crippen LogP contribution in [0.5, 0.6) is 5.75 Å². The first-order valence-corrected chi connectivity index (χ1v) is 11.2. The van der Waals surface area contributed by atoms with Crippen LogP contribution in [0.15, 0.2) is 52.5 Å². The third-order valence-corrected chi connectivity index (χ3v) is 5.87. The molecule has 0 aliphatic carbocycles. The van der Waals surface area contributed by atoms with Crippen LogP contribution in [-0.2, 0) is 29.6 Å². The molecule has 178 valence electrons. The molecule has 10 heteroatoms. The molecule has 4 heterocycles. The summed E-state index contributed by atoms with van der Waals surface area (Å²) in [4.78, 5) is 50.4. The molecule has 2 aliphatic rings. The number of ether oxygens (including phenoxy) is 1. The number of fused-ring (bicyclic) bond motifs is 1. The molecule has 2 aromatic heterocycles. The number of hydrogen-bond acceptors (Lipinski definition) is 8. The van der Waals surface area contributed by atoms with Crippen molar-refractivity contribution in [1.29, 1.82) is 0 Å². The second-order valence-corrected chi connectivity index (χ2v) is 8.56. The number of aryl methyl sites for hydroxylation is 2. The molecule has 0 bridgehead atoms. The number of carbonyl (C=O) groups is 2. The summed E-state index contributed by atoms with van der Waals surface area (Å²) in [5.74, 6) is 0.813. The predicted octanol–water partition coefficient (Wildman–Crippen LogP) is 1.78. The molecule has 5 rings (SSSR count). The Morgan fingerprint density at radius 1 is 1.17 bits per heavy atom. The molecule has 0 spiro atoms. The molecule has 3 aromatic rings. The molecular weight excluding hydrogens is 450 g/mol. The van der Waals surface area contributed by atoms with Crippen molar-refractivity contribution < 1.29 is 19.2 Å². The summed E-state index contributed by atoms with van der Waals surface area (Å²) in [6.07, 6.45) is 2.16. The summed E-state index contributed by atoms with van der Waals surface area (Å²) < 4.78 is 6.90. The third-order valence-electron chi connectivity index (χ3n) is 5.87. The van der Waals surface area contributed by atoms with E-state index >= 15 is 0 Å². The lowest BCUT2D eigenvalue weighted by molar-refractivity contribution is -0.121. The summed E-state index contributed by atoms with van der Waals surface area (Å²) in [7, 11) is 1.68. The molecule has 1 unspecified atom stereocenters. The highest BCUT2D eigenvalue weighted by Gasteiger charge is 2.26. The highest BCUT2D eigenvalue weighted by molar-refractivity contribution is 6.02. The Bertz CT molecular complexity index is 1430. The molecule has 1 amide bonds. The number of Topliss-reactive ketones (excluding diaryl/α,β-unsaturated/α-hetero) is 1. The molecular formula is C25H23N5O5. The van der Waals surface area contributed by atoms with Gasteiger partial charge in [0.1, 0.15) is 29.6 Å². The van der Waals surface area contributed by atoms with Crippen LogP contribution < -0.4 is 15.6 Å². The van der Waals surface area contributed by atoms with Gasteiger partial charge in [0.05, 0.1) is 5.69 Å². The first-order chi connectivity index (χ1) is 16.9. The molecule has 1 N–H and O–H groups in total. The summed E-state index contributed by atoms with van der Waals surface area (Å²) in [5.41, 5.74) is 3.73. The van der Waals surface area contributed by atoms with Crippen LogP contribution in [0, 0.1) is 6.92 Å². The van der Waals surface area contributed by atoms with Crippen LogP contribution in [-0.4, -0.2) is 38.5 Å². The molecule has 1 atom stereocenters. The quantitative estimate of drug-likeness (QED) is 0.599. The minimum atomic E-state index is -0.351. The highest BCUT2D eigenvalue weighted by atomic mass is 16.6. The van der Waals surface area contributed by atoms with Crippen molar-refractivity contribution in [2.75, 3.05) is 6.61 Å². The number of pyridine rings is 1. The molecule has 35 heavy (non-hydrogen) atoms. The second-order valence-electron chi connectivity index (χ2n) is 8.56. The number of benzene rings is 1. The van der Waals surface area contributed by atoms with E-state index in [4.69, 9.17) is 9.57 Å². The number of hydrogen-bond donors (Lipinski definition) is 1. The van der Waals surface area contributed by atoms with Crippen LogP contribution in [0.25, 0.3) is 0 Å². The number of amides is 1. The Hall–Kier alpha value is -4.34. The number of carbonyl (C=O) groups excluding carboxylic acids is 2. The average molecular weight is 473 g/mol. The average Bonchev–Trinajstić information content (AvgIpc) is 3.34. The lowest BCUT2D eigenvalue weighted by Crippen LogP contribution is -2.25. The second kappa shape index (κ2) is 9.13. The van der Waals surface area contributed by atoms with Gasteiger partial charge < -0.3 is 19.5 Å². The normalized spacial score (nSPS) is 16.7. The molecule has 10 nitrogen and oxygen atoms in total. The van der Waals surface area contributed by atoms with E-state index in [2.05, 4.69) is 20.4 Å². The van der Waals surface area contributed by atoms with Crippen molar-refractivity contribution in [3.63, 3.8) is 0 Å². The van der Waals surface area contributed by atoms with Gasteiger partial charge in [0, 0.05) is 49.8 Å². The van der Waals surface area contributed by atoms with Crippen molar-refractivity contribution in [2.24, 2.45) is 12.2 Å². The number of oxime groups is 1. The van der Waals surface area contributed by atoms with Crippen molar-refractivity contribution in [3.05, 3.63) is 86.9 Å². The van der Waals surface area contributed by atoms with E-state index in [9.17, 15) is 14.4 Å². The van der Waals surface area contributed by atoms with Gasteiger partial charge in [-0.1, -0.05) is 11.2 Å². The van der Waals surface area contributed by atoms with Crippen LogP contribution in [0.2, 0.25) is 0 Å². The number of nitrogens with zero attached hydrogens (tertiary/aromatic N) is 4. The highest BCUT2D eigenvalue weighted by Crippen LogP contribution is 2.28. The van der Waals surface area contributed by atoms with Gasteiger partial charge in [-0.15, -0.1) is 0 Å². The number of nitrogens with one attached hydrogen (secondary N) is 1. The largest absolute Gasteiger partial charge is 0.486 e. The molecule has 0 fully saturated rings. The Kier molecular flexibility index (Phi) is 5.86.